The summed E-state index contributed by atoms with van der Waals surface area (Å²) >= 11 is 1.23. The van der Waals surface area contributed by atoms with Gasteiger partial charge in [0.1, 0.15) is 15.6 Å². The summed E-state index contributed by atoms with van der Waals surface area (Å²) in [5, 5.41) is 1.77. The fourth-order valence-electron chi connectivity index (χ4n) is 3.07. The molecule has 1 atom stereocenters. The monoisotopic (exact) mass is 351 g/mol. The number of sulfonamides is 1. The Morgan fingerprint density at radius 3 is 2.61 bits per heavy atom. The van der Waals surface area contributed by atoms with E-state index in [0.29, 0.717) is 10.6 Å². The Bertz CT molecular complexity index is 765. The highest BCUT2D eigenvalue weighted by Gasteiger charge is 2.40. The number of para-hydroxylation sites is 1. The summed E-state index contributed by atoms with van der Waals surface area (Å²) in [6, 6.07) is 10.8. The molecule has 1 unspecified atom stereocenters. The highest BCUT2D eigenvalue weighted by molar-refractivity contribution is 7.91. The highest BCUT2D eigenvalue weighted by atomic mass is 32.2. The van der Waals surface area contributed by atoms with E-state index >= 15 is 0 Å². The lowest BCUT2D eigenvalue weighted by atomic mass is 9.84. The van der Waals surface area contributed by atoms with Gasteiger partial charge >= 0.3 is 0 Å². The second-order valence-electron chi connectivity index (χ2n) is 5.84. The molecular weight excluding hydrogens is 330 g/mol. The molecule has 4 nitrogen and oxygen atoms in total. The summed E-state index contributed by atoms with van der Waals surface area (Å²) in [7, 11) is -3.51. The second-order valence-corrected chi connectivity index (χ2v) is 8.73. The molecule has 0 radical (unpaired) electrons. The summed E-state index contributed by atoms with van der Waals surface area (Å²) < 4.78 is 34.7. The molecule has 0 saturated heterocycles. The van der Waals surface area contributed by atoms with Crippen molar-refractivity contribution in [3.63, 3.8) is 0 Å². The van der Waals surface area contributed by atoms with E-state index in [0.717, 1.165) is 24.2 Å². The number of nitrogens with one attached hydrogen (secondary N) is 1. The smallest absolute Gasteiger partial charge is 0.250 e. The molecule has 1 aromatic heterocycles. The topological polar surface area (TPSA) is 55.4 Å². The molecule has 0 spiro atoms. The highest BCUT2D eigenvalue weighted by Crippen LogP contribution is 2.43. The van der Waals surface area contributed by atoms with Gasteiger partial charge in [-0.25, -0.2) is 13.1 Å². The second kappa shape index (κ2) is 6.26. The van der Waals surface area contributed by atoms with Crippen LogP contribution in [0.2, 0.25) is 0 Å². The number of hydrogen-bond donors (Lipinski definition) is 1. The summed E-state index contributed by atoms with van der Waals surface area (Å²) in [5.74, 6) is 0.779. The van der Waals surface area contributed by atoms with Gasteiger partial charge in [0.25, 0.3) is 10.0 Å². The van der Waals surface area contributed by atoms with Crippen molar-refractivity contribution in [1.29, 1.82) is 0 Å². The van der Waals surface area contributed by atoms with Crippen LogP contribution in [-0.2, 0) is 10.0 Å². The van der Waals surface area contributed by atoms with Crippen LogP contribution in [0.25, 0.3) is 0 Å². The van der Waals surface area contributed by atoms with Crippen molar-refractivity contribution in [2.45, 2.75) is 49.0 Å². The Hall–Kier alpha value is -1.37. The number of hydrogen-bond acceptors (Lipinski definition) is 4. The van der Waals surface area contributed by atoms with Crippen LogP contribution in [0.1, 0.15) is 44.7 Å². The van der Waals surface area contributed by atoms with E-state index in [-0.39, 0.29) is 11.6 Å². The molecule has 23 heavy (non-hydrogen) atoms. The first-order chi connectivity index (χ1) is 11.0. The molecular formula is C17H21NO3S2. The third-order valence-electron chi connectivity index (χ3n) is 4.54. The minimum atomic E-state index is -3.51. The number of fused-ring (bicyclic) bond motifs is 1. The average Bonchev–Trinajstić information content (AvgIpc) is 3.10. The van der Waals surface area contributed by atoms with E-state index in [9.17, 15) is 8.42 Å². The fourth-order valence-corrected chi connectivity index (χ4v) is 5.29. The molecule has 2 aromatic rings. The van der Waals surface area contributed by atoms with E-state index in [1.54, 1.807) is 17.5 Å². The van der Waals surface area contributed by atoms with Gasteiger partial charge in [0.2, 0.25) is 0 Å². The predicted octanol–water partition coefficient (Wildman–Crippen LogP) is 4.11. The van der Waals surface area contributed by atoms with Crippen molar-refractivity contribution in [3.8, 4) is 5.75 Å². The van der Waals surface area contributed by atoms with E-state index in [2.05, 4.69) is 18.6 Å². The summed E-state index contributed by atoms with van der Waals surface area (Å²) in [6.07, 6.45) is 2.33. The lowest BCUT2D eigenvalue weighted by Gasteiger charge is -2.41. The Morgan fingerprint density at radius 2 is 1.96 bits per heavy atom. The maximum absolute atomic E-state index is 12.6. The fraction of sp³-hybridized carbons (Fsp3) is 0.412. The van der Waals surface area contributed by atoms with Crippen LogP contribution < -0.4 is 9.46 Å². The Kier molecular flexibility index (Phi) is 4.49. The maximum atomic E-state index is 12.6. The lowest BCUT2D eigenvalue weighted by Crippen LogP contribution is -2.44. The Balaban J connectivity index is 1.97. The molecule has 3 rings (SSSR count). The minimum absolute atomic E-state index is 0.271. The van der Waals surface area contributed by atoms with Crippen LogP contribution in [0.5, 0.6) is 5.75 Å². The van der Waals surface area contributed by atoms with Crippen LogP contribution in [0, 0.1) is 0 Å². The van der Waals surface area contributed by atoms with Crippen LogP contribution in [-0.4, -0.2) is 14.0 Å². The minimum Gasteiger partial charge on any atom is -0.487 e. The van der Waals surface area contributed by atoms with Crippen molar-refractivity contribution in [2.75, 3.05) is 0 Å². The quantitative estimate of drug-likeness (QED) is 0.882. The molecule has 1 N–H and O–H groups in total. The van der Waals surface area contributed by atoms with Gasteiger partial charge in [0, 0.05) is 12.0 Å². The molecule has 0 aliphatic carbocycles. The van der Waals surface area contributed by atoms with Crippen molar-refractivity contribution in [1.82, 2.24) is 4.72 Å². The van der Waals surface area contributed by atoms with Gasteiger partial charge in [-0.1, -0.05) is 38.1 Å². The predicted molar refractivity (Wildman–Crippen MR) is 92.4 cm³/mol. The van der Waals surface area contributed by atoms with Gasteiger partial charge < -0.3 is 4.74 Å². The first kappa shape index (κ1) is 16.5. The standard InChI is InChI=1S/C17H21NO3S2/c1-3-17(4-2)12-14(13-8-5-6-9-15(13)21-17)18-23(19,20)16-10-7-11-22-16/h5-11,14,18H,3-4,12H2,1-2H3. The number of ether oxygens (including phenoxy) is 1. The zero-order chi connectivity index (χ0) is 16.5. The number of thiophene rings is 1. The van der Waals surface area contributed by atoms with Gasteiger partial charge in [-0.05, 0) is 30.4 Å². The number of benzene rings is 1. The molecule has 1 aromatic carbocycles. The summed E-state index contributed by atoms with van der Waals surface area (Å²) in [6.45, 7) is 4.17. The molecule has 6 heteroatoms. The van der Waals surface area contributed by atoms with Gasteiger partial charge in [-0.3, -0.25) is 0 Å². The van der Waals surface area contributed by atoms with Crippen molar-refractivity contribution in [2.24, 2.45) is 0 Å². The van der Waals surface area contributed by atoms with E-state index in [4.69, 9.17) is 4.74 Å². The van der Waals surface area contributed by atoms with E-state index in [1.807, 2.05) is 24.3 Å². The molecule has 124 valence electrons. The molecule has 0 saturated carbocycles. The summed E-state index contributed by atoms with van der Waals surface area (Å²) in [4.78, 5) is 0. The van der Waals surface area contributed by atoms with Crippen molar-refractivity contribution < 1.29 is 13.2 Å². The molecule has 0 bridgehead atoms. The summed E-state index contributed by atoms with van der Waals surface area (Å²) in [5.41, 5.74) is 0.585. The average molecular weight is 351 g/mol. The number of rotatable bonds is 5. The van der Waals surface area contributed by atoms with Crippen LogP contribution in [0.15, 0.2) is 46.0 Å². The zero-order valence-corrected chi connectivity index (χ0v) is 14.9. The molecule has 1 aliphatic rings. The first-order valence-electron chi connectivity index (χ1n) is 7.83. The molecule has 0 amide bonds. The van der Waals surface area contributed by atoms with Crippen LogP contribution >= 0.6 is 11.3 Å². The molecule has 2 heterocycles. The van der Waals surface area contributed by atoms with Gasteiger partial charge in [-0.15, -0.1) is 11.3 Å². The zero-order valence-electron chi connectivity index (χ0n) is 13.3. The van der Waals surface area contributed by atoms with Crippen LogP contribution in [0.3, 0.4) is 0 Å². The van der Waals surface area contributed by atoms with E-state index in [1.165, 1.54) is 11.3 Å². The lowest BCUT2D eigenvalue weighted by molar-refractivity contribution is 0.0260. The van der Waals surface area contributed by atoms with Gasteiger partial charge in [0.05, 0.1) is 6.04 Å². The van der Waals surface area contributed by atoms with Gasteiger partial charge in [-0.2, -0.15) is 0 Å². The molecule has 0 fully saturated rings. The Morgan fingerprint density at radius 1 is 1.22 bits per heavy atom. The van der Waals surface area contributed by atoms with E-state index < -0.39 is 10.0 Å². The third kappa shape index (κ3) is 3.16. The van der Waals surface area contributed by atoms with Crippen molar-refractivity contribution in [3.05, 3.63) is 47.3 Å². The molecule has 1 aliphatic heterocycles. The largest absolute Gasteiger partial charge is 0.487 e. The first-order valence-corrected chi connectivity index (χ1v) is 10.2. The Labute approximate surface area is 141 Å². The van der Waals surface area contributed by atoms with Crippen molar-refractivity contribution >= 4 is 21.4 Å². The maximum Gasteiger partial charge on any atom is 0.250 e. The normalized spacial score (nSPS) is 19.8. The third-order valence-corrected chi connectivity index (χ3v) is 7.41. The SMILES string of the molecule is CCC1(CC)CC(NS(=O)(=O)c2cccs2)c2ccccc2O1. The van der Waals surface area contributed by atoms with Crippen LogP contribution in [0.4, 0.5) is 0 Å². The van der Waals surface area contributed by atoms with Gasteiger partial charge in [0.15, 0.2) is 0 Å².